The second kappa shape index (κ2) is 10.8. The summed E-state index contributed by atoms with van der Waals surface area (Å²) in [6.07, 6.45) is 1.71. The quantitative estimate of drug-likeness (QED) is 0.503. The van der Waals surface area contributed by atoms with E-state index in [1.807, 2.05) is 65.6 Å². The molecule has 1 saturated heterocycles. The highest BCUT2D eigenvalue weighted by atomic mass is 16.5. The van der Waals surface area contributed by atoms with Gasteiger partial charge in [0.1, 0.15) is 0 Å². The summed E-state index contributed by atoms with van der Waals surface area (Å²) in [6.45, 7) is 4.20. The van der Waals surface area contributed by atoms with Gasteiger partial charge in [0.15, 0.2) is 22.8 Å². The molecule has 1 N–H and O–H groups in total. The number of ether oxygens (including phenoxy) is 2. The first-order valence-electron chi connectivity index (χ1n) is 11.2. The Morgan fingerprint density at radius 1 is 1.00 bits per heavy atom. The van der Waals surface area contributed by atoms with Gasteiger partial charge in [0, 0.05) is 43.5 Å². The predicted octanol–water partition coefficient (Wildman–Crippen LogP) is 3.53. The van der Waals surface area contributed by atoms with Crippen LogP contribution in [-0.2, 0) is 0 Å². The second-order valence-corrected chi connectivity index (χ2v) is 7.96. The van der Waals surface area contributed by atoms with Crippen molar-refractivity contribution in [3.05, 3.63) is 78.6 Å². The molecule has 0 saturated carbocycles. The molecule has 8 heteroatoms. The maximum Gasteiger partial charge on any atom is 0.274 e. The highest BCUT2D eigenvalue weighted by Crippen LogP contribution is 2.32. The lowest BCUT2D eigenvalue weighted by Crippen LogP contribution is -2.51. The third-order valence-corrected chi connectivity index (χ3v) is 5.58. The van der Waals surface area contributed by atoms with Crippen LogP contribution in [0.3, 0.4) is 0 Å². The fourth-order valence-corrected chi connectivity index (χ4v) is 3.88. The smallest absolute Gasteiger partial charge is 0.274 e. The predicted molar refractivity (Wildman–Crippen MR) is 131 cm³/mol. The number of nitrogens with one attached hydrogen (secondary N) is 1. The van der Waals surface area contributed by atoms with Crippen molar-refractivity contribution in [3.8, 4) is 22.8 Å². The zero-order valence-corrected chi connectivity index (χ0v) is 19.6. The van der Waals surface area contributed by atoms with Crippen LogP contribution in [-0.4, -0.2) is 65.3 Å². The normalized spacial score (nSPS) is 15.4. The molecule has 5 rings (SSSR count). The van der Waals surface area contributed by atoms with Gasteiger partial charge < -0.3 is 19.7 Å². The maximum absolute atomic E-state index is 12.9. The molecule has 1 atom stereocenters. The summed E-state index contributed by atoms with van der Waals surface area (Å²) in [7, 11) is 3.20. The molecule has 0 bridgehead atoms. The van der Waals surface area contributed by atoms with E-state index in [0.717, 1.165) is 17.8 Å². The lowest BCUT2D eigenvalue weighted by Gasteiger charge is -2.31. The van der Waals surface area contributed by atoms with E-state index >= 15 is 0 Å². The van der Waals surface area contributed by atoms with Gasteiger partial charge in [-0.25, -0.2) is 9.50 Å². The first-order chi connectivity index (χ1) is 16.6. The number of nitrogens with zero attached hydrogens (tertiary/aromatic N) is 4. The average Bonchev–Trinajstić information content (AvgIpc) is 3.34. The van der Waals surface area contributed by atoms with Crippen molar-refractivity contribution in [2.45, 2.75) is 13.0 Å². The van der Waals surface area contributed by atoms with Crippen molar-refractivity contribution < 1.29 is 14.3 Å². The number of methoxy groups -OCH3 is 2. The largest absolute Gasteiger partial charge is 0.493 e. The minimum absolute atomic E-state index is 0.0721. The van der Waals surface area contributed by atoms with E-state index < -0.39 is 0 Å². The van der Waals surface area contributed by atoms with E-state index in [1.54, 1.807) is 31.0 Å². The van der Waals surface area contributed by atoms with Crippen molar-refractivity contribution in [2.24, 2.45) is 0 Å². The highest BCUT2D eigenvalue weighted by Gasteiger charge is 2.24. The molecule has 0 unspecified atom stereocenters. The monoisotopic (exact) mass is 459 g/mol. The van der Waals surface area contributed by atoms with E-state index in [9.17, 15) is 4.79 Å². The van der Waals surface area contributed by atoms with Crippen LogP contribution in [0.5, 0.6) is 11.5 Å². The number of piperazine rings is 1. The Balaban J connectivity index is 0.000000398. The average molecular weight is 460 g/mol. The second-order valence-electron chi connectivity index (χ2n) is 7.96. The van der Waals surface area contributed by atoms with Crippen molar-refractivity contribution in [3.63, 3.8) is 0 Å². The van der Waals surface area contributed by atoms with Crippen LogP contribution in [0.1, 0.15) is 17.4 Å². The maximum atomic E-state index is 12.9. The molecule has 2 aromatic heterocycles. The molecule has 1 aliphatic rings. The van der Waals surface area contributed by atoms with E-state index in [2.05, 4.69) is 22.3 Å². The van der Waals surface area contributed by atoms with Gasteiger partial charge in [-0.1, -0.05) is 36.4 Å². The Morgan fingerprint density at radius 3 is 2.35 bits per heavy atom. The molecular weight excluding hydrogens is 430 g/mol. The Bertz CT molecular complexity index is 1220. The number of rotatable bonds is 4. The lowest BCUT2D eigenvalue weighted by molar-refractivity contribution is 0.0703. The number of carbonyl (C=O) groups is 1. The third kappa shape index (κ3) is 5.18. The van der Waals surface area contributed by atoms with Crippen LogP contribution in [0.4, 0.5) is 0 Å². The molecule has 0 radical (unpaired) electrons. The summed E-state index contributed by atoms with van der Waals surface area (Å²) in [5, 5.41) is 7.90. The molecule has 2 aromatic carbocycles. The Morgan fingerprint density at radius 2 is 1.71 bits per heavy atom. The summed E-state index contributed by atoms with van der Waals surface area (Å²) in [5.74, 6) is 1.21. The molecule has 8 nitrogen and oxygen atoms in total. The lowest BCUT2D eigenvalue weighted by atomic mass is 10.1. The first-order valence-corrected chi connectivity index (χ1v) is 11.2. The molecule has 0 spiro atoms. The highest BCUT2D eigenvalue weighted by molar-refractivity contribution is 5.93. The first kappa shape index (κ1) is 23.3. The Hall–Kier alpha value is -3.91. The van der Waals surface area contributed by atoms with Crippen LogP contribution in [0.25, 0.3) is 16.9 Å². The fraction of sp³-hybridized carbons (Fsp3) is 0.269. The summed E-state index contributed by atoms with van der Waals surface area (Å²) in [6, 6.07) is 21.5. The van der Waals surface area contributed by atoms with Crippen LogP contribution in [0, 0.1) is 0 Å². The van der Waals surface area contributed by atoms with E-state index in [4.69, 9.17) is 9.47 Å². The molecule has 1 aliphatic heterocycles. The number of hydrogen-bond acceptors (Lipinski definition) is 6. The van der Waals surface area contributed by atoms with Gasteiger partial charge in [-0.3, -0.25) is 4.79 Å². The number of benzene rings is 2. The minimum Gasteiger partial charge on any atom is -0.493 e. The number of aromatic nitrogens is 3. The third-order valence-electron chi connectivity index (χ3n) is 5.58. The molecule has 3 heterocycles. The van der Waals surface area contributed by atoms with Gasteiger partial charge in [0.2, 0.25) is 0 Å². The van der Waals surface area contributed by atoms with Crippen molar-refractivity contribution in [2.75, 3.05) is 33.9 Å². The van der Waals surface area contributed by atoms with Gasteiger partial charge in [-0.2, -0.15) is 5.10 Å². The van der Waals surface area contributed by atoms with Crippen LogP contribution < -0.4 is 14.8 Å². The van der Waals surface area contributed by atoms with E-state index in [1.165, 1.54) is 0 Å². The van der Waals surface area contributed by atoms with E-state index in [0.29, 0.717) is 35.9 Å². The van der Waals surface area contributed by atoms with Crippen LogP contribution >= 0.6 is 0 Å². The van der Waals surface area contributed by atoms with Crippen LogP contribution in [0.2, 0.25) is 0 Å². The summed E-state index contributed by atoms with van der Waals surface area (Å²) in [4.78, 5) is 19.1. The zero-order chi connectivity index (χ0) is 23.9. The van der Waals surface area contributed by atoms with Gasteiger partial charge in [0.05, 0.1) is 19.9 Å². The summed E-state index contributed by atoms with van der Waals surface area (Å²) < 4.78 is 12.4. The van der Waals surface area contributed by atoms with E-state index in [-0.39, 0.29) is 11.9 Å². The fourth-order valence-electron chi connectivity index (χ4n) is 3.88. The molecule has 0 aliphatic carbocycles. The van der Waals surface area contributed by atoms with Gasteiger partial charge >= 0.3 is 0 Å². The van der Waals surface area contributed by atoms with Gasteiger partial charge in [0.25, 0.3) is 5.91 Å². The molecule has 34 heavy (non-hydrogen) atoms. The molecule has 4 aromatic rings. The van der Waals surface area contributed by atoms with Crippen molar-refractivity contribution >= 4 is 11.6 Å². The van der Waals surface area contributed by atoms with Crippen molar-refractivity contribution in [1.29, 1.82) is 0 Å². The number of carbonyl (C=O) groups excluding carboxylic acids is 1. The van der Waals surface area contributed by atoms with Gasteiger partial charge in [-0.15, -0.1) is 0 Å². The zero-order valence-electron chi connectivity index (χ0n) is 19.6. The SMILES string of the molecule is COc1ccc(-c2ccnc3cc(C(=O)N4CCN[C@@H](C)C4)nn23)cc1OC.c1ccccc1. The molecule has 1 amide bonds. The number of fused-ring (bicyclic) bond motifs is 1. The van der Waals surface area contributed by atoms with Crippen molar-refractivity contribution in [1.82, 2.24) is 24.8 Å². The summed E-state index contributed by atoms with van der Waals surface area (Å²) >= 11 is 0. The van der Waals surface area contributed by atoms with Crippen LogP contribution in [0.15, 0.2) is 72.9 Å². The summed E-state index contributed by atoms with van der Waals surface area (Å²) in [5.41, 5.74) is 2.73. The molecule has 1 fully saturated rings. The Labute approximate surface area is 199 Å². The minimum atomic E-state index is -0.0721. The molecule has 176 valence electrons. The van der Waals surface area contributed by atoms with Gasteiger partial charge in [-0.05, 0) is 31.2 Å². The number of hydrogen-bond donors (Lipinski definition) is 1. The topological polar surface area (TPSA) is 81.0 Å². The Kier molecular flexibility index (Phi) is 7.39. The number of amides is 1. The molecular formula is C26H29N5O3. The standard InChI is InChI=1S/C20H23N5O3.C6H6/c1-13-12-24(9-8-21-13)20(26)15-11-19-22-7-6-16(25(19)23-15)14-4-5-17(27-2)18(10-14)28-3;1-2-4-6-5-3-1/h4-7,10-11,13,21H,8-9,12H2,1-3H3;1-6H/t13-;/m0./s1.